The molecule has 0 spiro atoms. The molecule has 2 heterocycles. The van der Waals surface area contributed by atoms with Gasteiger partial charge in [-0.1, -0.05) is 20.8 Å². The van der Waals surface area contributed by atoms with Crippen molar-refractivity contribution in [1.29, 1.82) is 0 Å². The number of hydrogen-bond donors (Lipinski definition) is 0. The minimum atomic E-state index is -0.174. The van der Waals surface area contributed by atoms with E-state index >= 15 is 0 Å². The molecule has 5 nitrogen and oxygen atoms in total. The third kappa shape index (κ3) is 3.18. The summed E-state index contributed by atoms with van der Waals surface area (Å²) in [6, 6.07) is 3.84. The molecule has 0 N–H and O–H groups in total. The van der Waals surface area contributed by atoms with Gasteiger partial charge in [0.1, 0.15) is 0 Å². The molecule has 1 atom stereocenters. The van der Waals surface area contributed by atoms with Gasteiger partial charge < -0.3 is 4.90 Å². The lowest BCUT2D eigenvalue weighted by Gasteiger charge is -2.26. The van der Waals surface area contributed by atoms with Crippen LogP contribution in [0.25, 0.3) is 0 Å². The number of nitrogens with zero attached hydrogens (tertiary/aromatic N) is 4. The molecule has 0 saturated heterocycles. The van der Waals surface area contributed by atoms with Crippen LogP contribution in [0.5, 0.6) is 0 Å². The van der Waals surface area contributed by atoms with Gasteiger partial charge in [0.25, 0.3) is 5.91 Å². The van der Waals surface area contributed by atoms with E-state index in [1.807, 2.05) is 33.2 Å². The average Bonchev–Trinajstić information content (AvgIpc) is 2.88. The fourth-order valence-corrected chi connectivity index (χ4v) is 2.43. The average molecular weight is 300 g/mol. The Bertz CT molecular complexity index is 655. The molecule has 0 aromatic carbocycles. The summed E-state index contributed by atoms with van der Waals surface area (Å²) in [4.78, 5) is 18.7. The van der Waals surface area contributed by atoms with Crippen LogP contribution in [0.4, 0.5) is 0 Å². The highest BCUT2D eigenvalue weighted by molar-refractivity contribution is 5.95. The molecule has 0 saturated carbocycles. The summed E-state index contributed by atoms with van der Waals surface area (Å²) >= 11 is 0. The number of carbonyl (C=O) groups excluding carboxylic acids is 1. The van der Waals surface area contributed by atoms with Crippen LogP contribution in [-0.2, 0) is 12.5 Å². The fraction of sp³-hybridized carbons (Fsp3) is 0.471. The normalized spacial score (nSPS) is 13.0. The zero-order valence-electron chi connectivity index (χ0n) is 14.2. The van der Waals surface area contributed by atoms with E-state index in [1.54, 1.807) is 28.2 Å². The smallest absolute Gasteiger partial charge is 0.257 e. The van der Waals surface area contributed by atoms with Crippen molar-refractivity contribution in [2.24, 2.45) is 7.05 Å². The molecule has 22 heavy (non-hydrogen) atoms. The summed E-state index contributed by atoms with van der Waals surface area (Å²) < 4.78 is 1.71. The van der Waals surface area contributed by atoms with Crippen molar-refractivity contribution in [1.82, 2.24) is 19.7 Å². The van der Waals surface area contributed by atoms with Crippen molar-refractivity contribution in [3.05, 3.63) is 47.5 Å². The molecule has 1 amide bonds. The van der Waals surface area contributed by atoms with E-state index in [4.69, 9.17) is 0 Å². The minimum Gasteiger partial charge on any atom is -0.335 e. The molecule has 118 valence electrons. The van der Waals surface area contributed by atoms with Crippen molar-refractivity contribution in [2.75, 3.05) is 7.05 Å². The Labute approximate surface area is 132 Å². The van der Waals surface area contributed by atoms with Gasteiger partial charge in [0.2, 0.25) is 0 Å². The van der Waals surface area contributed by atoms with E-state index in [9.17, 15) is 4.79 Å². The maximum absolute atomic E-state index is 12.9. The molecule has 0 bridgehead atoms. The SMILES string of the molecule is CC(c1ccncc1)N(C)C(=O)c1cn(C)nc1C(C)(C)C. The van der Waals surface area contributed by atoms with Crippen LogP contribution >= 0.6 is 0 Å². The standard InChI is InChI=1S/C17H24N4O/c1-12(13-7-9-18-10-8-13)21(6)16(22)14-11-20(5)19-15(14)17(2,3)4/h7-12H,1-6H3. The molecular formula is C17H24N4O. The highest BCUT2D eigenvalue weighted by Crippen LogP contribution is 2.27. The van der Waals surface area contributed by atoms with Crippen molar-refractivity contribution in [2.45, 2.75) is 39.2 Å². The summed E-state index contributed by atoms with van der Waals surface area (Å²) in [7, 11) is 3.67. The van der Waals surface area contributed by atoms with E-state index < -0.39 is 0 Å². The van der Waals surface area contributed by atoms with Gasteiger partial charge in [0, 0.05) is 38.1 Å². The van der Waals surface area contributed by atoms with E-state index in [1.165, 1.54) is 0 Å². The van der Waals surface area contributed by atoms with Gasteiger partial charge in [-0.2, -0.15) is 5.10 Å². The molecule has 5 heteroatoms. The summed E-state index contributed by atoms with van der Waals surface area (Å²) in [6.07, 6.45) is 5.29. The van der Waals surface area contributed by atoms with E-state index in [0.29, 0.717) is 5.56 Å². The van der Waals surface area contributed by atoms with E-state index in [2.05, 4.69) is 30.9 Å². The number of aryl methyl sites for hydroxylation is 1. The zero-order chi connectivity index (χ0) is 16.5. The Morgan fingerprint density at radius 3 is 2.41 bits per heavy atom. The third-order valence-corrected chi connectivity index (χ3v) is 3.86. The van der Waals surface area contributed by atoms with Crippen LogP contribution < -0.4 is 0 Å². The first-order valence-electron chi connectivity index (χ1n) is 7.43. The number of pyridine rings is 1. The molecule has 0 aliphatic heterocycles. The van der Waals surface area contributed by atoms with Crippen LogP contribution in [-0.4, -0.2) is 32.6 Å². The summed E-state index contributed by atoms with van der Waals surface area (Å²) in [6.45, 7) is 8.22. The van der Waals surface area contributed by atoms with Crippen LogP contribution in [0.15, 0.2) is 30.7 Å². The van der Waals surface area contributed by atoms with Crippen molar-refractivity contribution in [3.8, 4) is 0 Å². The van der Waals surface area contributed by atoms with E-state index in [-0.39, 0.29) is 17.4 Å². The summed E-state index contributed by atoms with van der Waals surface area (Å²) in [5.41, 5.74) is 2.38. The van der Waals surface area contributed by atoms with Crippen molar-refractivity contribution < 1.29 is 4.79 Å². The van der Waals surface area contributed by atoms with Gasteiger partial charge in [0.15, 0.2) is 0 Å². The molecule has 2 rings (SSSR count). The molecule has 2 aromatic heterocycles. The third-order valence-electron chi connectivity index (χ3n) is 3.86. The summed E-state index contributed by atoms with van der Waals surface area (Å²) in [5.74, 6) is -0.0117. The Kier molecular flexibility index (Phi) is 4.35. The predicted octanol–water partition coefficient (Wildman–Crippen LogP) is 2.95. The lowest BCUT2D eigenvalue weighted by molar-refractivity contribution is 0.0740. The fourth-order valence-electron chi connectivity index (χ4n) is 2.43. The number of carbonyl (C=O) groups is 1. The molecule has 0 aliphatic carbocycles. The number of aromatic nitrogens is 3. The van der Waals surface area contributed by atoms with Crippen LogP contribution in [0.1, 0.15) is 55.4 Å². The van der Waals surface area contributed by atoms with Gasteiger partial charge in [-0.05, 0) is 24.6 Å². The second-order valence-corrected chi connectivity index (χ2v) is 6.69. The second kappa shape index (κ2) is 5.91. The first kappa shape index (κ1) is 16.2. The van der Waals surface area contributed by atoms with Gasteiger partial charge in [0.05, 0.1) is 17.3 Å². The van der Waals surface area contributed by atoms with Crippen LogP contribution in [0.3, 0.4) is 0 Å². The molecule has 0 radical (unpaired) electrons. The molecule has 0 fully saturated rings. The Morgan fingerprint density at radius 2 is 1.86 bits per heavy atom. The monoisotopic (exact) mass is 300 g/mol. The largest absolute Gasteiger partial charge is 0.335 e. The van der Waals surface area contributed by atoms with Gasteiger partial charge in [-0.15, -0.1) is 0 Å². The minimum absolute atomic E-state index is 0.0117. The predicted molar refractivity (Wildman–Crippen MR) is 86.7 cm³/mol. The van der Waals surface area contributed by atoms with Crippen LogP contribution in [0.2, 0.25) is 0 Å². The number of hydrogen-bond acceptors (Lipinski definition) is 3. The maximum atomic E-state index is 12.9. The quantitative estimate of drug-likeness (QED) is 0.875. The van der Waals surface area contributed by atoms with Crippen LogP contribution in [0, 0.1) is 0 Å². The van der Waals surface area contributed by atoms with E-state index in [0.717, 1.165) is 11.3 Å². The first-order valence-corrected chi connectivity index (χ1v) is 7.43. The van der Waals surface area contributed by atoms with Crippen molar-refractivity contribution in [3.63, 3.8) is 0 Å². The zero-order valence-corrected chi connectivity index (χ0v) is 14.2. The van der Waals surface area contributed by atoms with Crippen molar-refractivity contribution >= 4 is 5.91 Å². The topological polar surface area (TPSA) is 51.0 Å². The highest BCUT2D eigenvalue weighted by atomic mass is 16.2. The molecule has 1 unspecified atom stereocenters. The molecule has 0 aliphatic rings. The summed E-state index contributed by atoms with van der Waals surface area (Å²) in [5, 5.41) is 4.48. The molecular weight excluding hydrogens is 276 g/mol. The Balaban J connectivity index is 2.32. The van der Waals surface area contributed by atoms with Gasteiger partial charge in [-0.25, -0.2) is 0 Å². The van der Waals surface area contributed by atoms with Gasteiger partial charge in [-0.3, -0.25) is 14.5 Å². The lowest BCUT2D eigenvalue weighted by atomic mass is 9.89. The lowest BCUT2D eigenvalue weighted by Crippen LogP contribution is -2.31. The molecule has 2 aromatic rings. The Morgan fingerprint density at radius 1 is 1.27 bits per heavy atom. The maximum Gasteiger partial charge on any atom is 0.257 e. The number of amides is 1. The highest BCUT2D eigenvalue weighted by Gasteiger charge is 2.29. The second-order valence-electron chi connectivity index (χ2n) is 6.69. The van der Waals surface area contributed by atoms with Gasteiger partial charge >= 0.3 is 0 Å². The first-order chi connectivity index (χ1) is 10.2. The Hall–Kier alpha value is -2.17. The number of rotatable bonds is 3.